The fraction of sp³-hybridized carbons (Fsp3) is 0.286. The molecule has 2 aromatic heterocycles. The first-order chi connectivity index (χ1) is 11.1. The van der Waals surface area contributed by atoms with Crippen molar-refractivity contribution in [3.8, 4) is 0 Å². The van der Waals surface area contributed by atoms with E-state index in [1.54, 1.807) is 0 Å². The second-order valence-electron chi connectivity index (χ2n) is 5.17. The van der Waals surface area contributed by atoms with Crippen LogP contribution in [0.4, 0.5) is 21.7 Å². The molecule has 3 heterocycles. The van der Waals surface area contributed by atoms with Crippen molar-refractivity contribution in [3.05, 3.63) is 36.2 Å². The standard InChI is InChI=1S/C14H16FN7O/c15-8-3-10(6-18-4-8)21-14-12(13(16)23)19-7-11(22-14)20-9-1-2-17-5-9/h3-4,6-7,9,17H,1-2,5H2,(H2,16,23)(H2,20,21,22). The number of amides is 1. The van der Waals surface area contributed by atoms with Crippen molar-refractivity contribution in [2.75, 3.05) is 23.7 Å². The van der Waals surface area contributed by atoms with E-state index in [9.17, 15) is 9.18 Å². The second kappa shape index (κ2) is 6.53. The molecule has 5 N–H and O–H groups in total. The fourth-order valence-electron chi connectivity index (χ4n) is 2.33. The monoisotopic (exact) mass is 317 g/mol. The van der Waals surface area contributed by atoms with Gasteiger partial charge in [0.05, 0.1) is 24.3 Å². The summed E-state index contributed by atoms with van der Waals surface area (Å²) < 4.78 is 13.2. The Morgan fingerprint density at radius 2 is 2.26 bits per heavy atom. The van der Waals surface area contributed by atoms with Crippen LogP contribution in [0.2, 0.25) is 0 Å². The number of hydrogen-bond donors (Lipinski definition) is 4. The summed E-state index contributed by atoms with van der Waals surface area (Å²) in [5.74, 6) is -0.565. The zero-order chi connectivity index (χ0) is 16.2. The predicted molar refractivity (Wildman–Crippen MR) is 82.9 cm³/mol. The number of primary amides is 1. The Bertz CT molecular complexity index is 718. The molecular formula is C14H16FN7O. The molecule has 8 nitrogen and oxygen atoms in total. The van der Waals surface area contributed by atoms with Crippen LogP contribution in [0, 0.1) is 5.82 Å². The summed E-state index contributed by atoms with van der Waals surface area (Å²) >= 11 is 0. The summed E-state index contributed by atoms with van der Waals surface area (Å²) in [7, 11) is 0. The van der Waals surface area contributed by atoms with Crippen molar-refractivity contribution in [2.45, 2.75) is 12.5 Å². The highest BCUT2D eigenvalue weighted by Crippen LogP contribution is 2.20. The molecule has 1 aliphatic rings. The van der Waals surface area contributed by atoms with Gasteiger partial charge >= 0.3 is 0 Å². The number of anilines is 3. The SMILES string of the molecule is NC(=O)c1ncc(NC2CCNC2)nc1Nc1cncc(F)c1. The predicted octanol–water partition coefficient (Wildman–Crippen LogP) is 0.627. The molecule has 3 rings (SSSR count). The average molecular weight is 317 g/mol. The third-order valence-corrected chi connectivity index (χ3v) is 3.39. The van der Waals surface area contributed by atoms with E-state index >= 15 is 0 Å². The number of halogens is 1. The molecule has 23 heavy (non-hydrogen) atoms. The van der Waals surface area contributed by atoms with Gasteiger partial charge in [0, 0.05) is 18.7 Å². The maximum atomic E-state index is 13.2. The Labute approximate surface area is 131 Å². The van der Waals surface area contributed by atoms with Gasteiger partial charge in [-0.05, 0) is 13.0 Å². The minimum Gasteiger partial charge on any atom is -0.365 e. The Morgan fingerprint density at radius 1 is 1.39 bits per heavy atom. The van der Waals surface area contributed by atoms with E-state index in [-0.39, 0.29) is 17.6 Å². The zero-order valence-corrected chi connectivity index (χ0v) is 12.2. The lowest BCUT2D eigenvalue weighted by Crippen LogP contribution is -2.24. The molecule has 0 aromatic carbocycles. The van der Waals surface area contributed by atoms with Crippen molar-refractivity contribution in [3.63, 3.8) is 0 Å². The van der Waals surface area contributed by atoms with Gasteiger partial charge in [-0.25, -0.2) is 14.4 Å². The Kier molecular flexibility index (Phi) is 4.29. The van der Waals surface area contributed by atoms with Gasteiger partial charge in [0.15, 0.2) is 11.5 Å². The molecule has 1 amide bonds. The molecule has 0 aliphatic carbocycles. The van der Waals surface area contributed by atoms with E-state index < -0.39 is 11.7 Å². The summed E-state index contributed by atoms with van der Waals surface area (Å²) in [6.45, 7) is 1.76. The van der Waals surface area contributed by atoms with Crippen molar-refractivity contribution < 1.29 is 9.18 Å². The summed E-state index contributed by atoms with van der Waals surface area (Å²) in [5.41, 5.74) is 5.64. The number of nitrogens with zero attached hydrogens (tertiary/aromatic N) is 3. The van der Waals surface area contributed by atoms with Crippen molar-refractivity contribution in [1.29, 1.82) is 0 Å². The van der Waals surface area contributed by atoms with Crippen LogP contribution in [0.25, 0.3) is 0 Å². The summed E-state index contributed by atoms with van der Waals surface area (Å²) in [5, 5.41) is 9.29. The molecule has 0 spiro atoms. The van der Waals surface area contributed by atoms with E-state index in [1.165, 1.54) is 18.5 Å². The summed E-state index contributed by atoms with van der Waals surface area (Å²) in [6, 6.07) is 1.48. The fourth-order valence-corrected chi connectivity index (χ4v) is 2.33. The molecular weight excluding hydrogens is 301 g/mol. The number of aromatic nitrogens is 3. The van der Waals surface area contributed by atoms with Crippen LogP contribution in [-0.2, 0) is 0 Å². The molecule has 0 radical (unpaired) electrons. The van der Waals surface area contributed by atoms with Crippen molar-refractivity contribution in [2.24, 2.45) is 5.73 Å². The number of hydrogen-bond acceptors (Lipinski definition) is 7. The minimum atomic E-state index is -0.724. The number of pyridine rings is 1. The Hall–Kier alpha value is -2.81. The highest BCUT2D eigenvalue weighted by molar-refractivity contribution is 5.96. The molecule has 1 aliphatic heterocycles. The topological polar surface area (TPSA) is 118 Å². The lowest BCUT2D eigenvalue weighted by molar-refractivity contribution is 0.0996. The molecule has 1 saturated heterocycles. The third-order valence-electron chi connectivity index (χ3n) is 3.39. The van der Waals surface area contributed by atoms with Gasteiger partial charge in [0.1, 0.15) is 11.6 Å². The van der Waals surface area contributed by atoms with Gasteiger partial charge in [-0.1, -0.05) is 0 Å². The van der Waals surface area contributed by atoms with E-state index in [4.69, 9.17) is 5.73 Å². The molecule has 0 bridgehead atoms. The van der Waals surface area contributed by atoms with Crippen LogP contribution in [0.15, 0.2) is 24.7 Å². The second-order valence-corrected chi connectivity index (χ2v) is 5.17. The lowest BCUT2D eigenvalue weighted by Gasteiger charge is -2.14. The van der Waals surface area contributed by atoms with Crippen LogP contribution in [-0.4, -0.2) is 40.0 Å². The molecule has 120 valence electrons. The zero-order valence-electron chi connectivity index (χ0n) is 12.2. The lowest BCUT2D eigenvalue weighted by atomic mass is 10.2. The van der Waals surface area contributed by atoms with Crippen LogP contribution < -0.4 is 21.7 Å². The quantitative estimate of drug-likeness (QED) is 0.638. The van der Waals surface area contributed by atoms with Gasteiger partial charge in [-0.3, -0.25) is 9.78 Å². The first-order valence-electron chi connectivity index (χ1n) is 7.13. The Morgan fingerprint density at radius 3 is 2.96 bits per heavy atom. The van der Waals surface area contributed by atoms with Crippen LogP contribution in [0.3, 0.4) is 0 Å². The first-order valence-corrected chi connectivity index (χ1v) is 7.13. The van der Waals surface area contributed by atoms with Gasteiger partial charge in [0.2, 0.25) is 0 Å². The molecule has 1 unspecified atom stereocenters. The van der Waals surface area contributed by atoms with Crippen LogP contribution in [0.1, 0.15) is 16.9 Å². The maximum absolute atomic E-state index is 13.2. The van der Waals surface area contributed by atoms with Crippen LogP contribution in [0.5, 0.6) is 0 Å². The largest absolute Gasteiger partial charge is 0.365 e. The number of nitrogens with one attached hydrogen (secondary N) is 3. The highest BCUT2D eigenvalue weighted by atomic mass is 19.1. The minimum absolute atomic E-state index is 0.0237. The maximum Gasteiger partial charge on any atom is 0.271 e. The van der Waals surface area contributed by atoms with Crippen molar-refractivity contribution in [1.82, 2.24) is 20.3 Å². The molecule has 2 aromatic rings. The van der Waals surface area contributed by atoms with E-state index in [1.807, 2.05) is 0 Å². The van der Waals surface area contributed by atoms with E-state index in [0.29, 0.717) is 11.5 Å². The number of nitrogens with two attached hydrogens (primary N) is 1. The van der Waals surface area contributed by atoms with Gasteiger partial charge in [0.25, 0.3) is 5.91 Å². The van der Waals surface area contributed by atoms with Gasteiger partial charge < -0.3 is 21.7 Å². The average Bonchev–Trinajstić information content (AvgIpc) is 3.00. The number of carbonyl (C=O) groups excluding carboxylic acids is 1. The number of carbonyl (C=O) groups is 1. The summed E-state index contributed by atoms with van der Waals surface area (Å²) in [4.78, 5) is 23.6. The first kappa shape index (κ1) is 15.1. The van der Waals surface area contributed by atoms with Gasteiger partial charge in [-0.2, -0.15) is 0 Å². The van der Waals surface area contributed by atoms with Crippen LogP contribution >= 0.6 is 0 Å². The molecule has 0 saturated carbocycles. The van der Waals surface area contributed by atoms with Gasteiger partial charge in [-0.15, -0.1) is 0 Å². The normalized spacial score (nSPS) is 17.0. The summed E-state index contributed by atoms with van der Waals surface area (Å²) in [6.07, 6.45) is 4.91. The Balaban J connectivity index is 1.86. The van der Waals surface area contributed by atoms with E-state index in [2.05, 4.69) is 30.9 Å². The van der Waals surface area contributed by atoms with Crippen molar-refractivity contribution >= 4 is 23.2 Å². The molecule has 9 heteroatoms. The van der Waals surface area contributed by atoms with E-state index in [0.717, 1.165) is 25.7 Å². The molecule has 1 fully saturated rings. The highest BCUT2D eigenvalue weighted by Gasteiger charge is 2.17. The molecule has 1 atom stereocenters. The third kappa shape index (κ3) is 3.69. The number of rotatable bonds is 5. The smallest absolute Gasteiger partial charge is 0.271 e.